The highest BCUT2D eigenvalue weighted by molar-refractivity contribution is 7.89. The third kappa shape index (κ3) is 4.59. The number of ether oxygens (including phenoxy) is 1. The quantitative estimate of drug-likeness (QED) is 0.752. The van der Waals surface area contributed by atoms with Gasteiger partial charge in [-0.2, -0.15) is 0 Å². The number of sulfonamides is 1. The van der Waals surface area contributed by atoms with Crippen molar-refractivity contribution in [1.29, 1.82) is 0 Å². The Kier molecular flexibility index (Phi) is 5.35. The zero-order chi connectivity index (χ0) is 19.1. The molecule has 1 amide bonds. The zero-order valence-electron chi connectivity index (χ0n) is 13.4. The van der Waals surface area contributed by atoms with Crippen LogP contribution in [-0.4, -0.2) is 25.6 Å². The summed E-state index contributed by atoms with van der Waals surface area (Å²) in [7, 11) is -3.73. The molecule has 1 fully saturated rings. The van der Waals surface area contributed by atoms with Crippen molar-refractivity contribution in [3.8, 4) is 11.5 Å². The average molecular weight is 436 g/mol. The van der Waals surface area contributed by atoms with Gasteiger partial charge in [0.2, 0.25) is 10.0 Å². The first-order valence-electron chi connectivity index (χ1n) is 7.48. The van der Waals surface area contributed by atoms with E-state index in [1.54, 1.807) is 6.07 Å². The van der Waals surface area contributed by atoms with E-state index in [1.807, 2.05) is 4.72 Å². The molecule has 1 N–H and O–H groups in total. The van der Waals surface area contributed by atoms with Crippen LogP contribution in [0.2, 0.25) is 15.1 Å². The molecule has 0 aliphatic heterocycles. The topological polar surface area (TPSA) is 85.4 Å². The molecule has 1 saturated carbocycles. The smallest absolute Gasteiger partial charge is 0.266 e. The fourth-order valence-corrected chi connectivity index (χ4v) is 3.47. The van der Waals surface area contributed by atoms with Crippen LogP contribution in [0, 0.1) is 0 Å². The van der Waals surface area contributed by atoms with Crippen LogP contribution in [0.1, 0.15) is 34.8 Å². The van der Waals surface area contributed by atoms with E-state index in [4.69, 9.17) is 39.5 Å². The van der Waals surface area contributed by atoms with Crippen molar-refractivity contribution in [2.45, 2.75) is 18.8 Å². The molecule has 0 atom stereocenters. The minimum atomic E-state index is -3.73. The predicted molar refractivity (Wildman–Crippen MR) is 100 cm³/mol. The van der Waals surface area contributed by atoms with E-state index in [9.17, 15) is 13.2 Å². The molecule has 0 unspecified atom stereocenters. The Hall–Kier alpha value is -1.54. The van der Waals surface area contributed by atoms with Crippen molar-refractivity contribution < 1.29 is 17.9 Å². The molecule has 0 saturated heterocycles. The Morgan fingerprint density at radius 3 is 2.42 bits per heavy atom. The third-order valence-corrected chi connectivity index (χ3v) is 5.05. The predicted octanol–water partition coefficient (Wildman–Crippen LogP) is 4.40. The Morgan fingerprint density at radius 2 is 1.85 bits per heavy atom. The second-order valence-electron chi connectivity index (χ2n) is 5.88. The lowest BCUT2D eigenvalue weighted by molar-refractivity contribution is 0.0982. The van der Waals surface area contributed by atoms with Gasteiger partial charge in [-0.1, -0.05) is 34.8 Å². The fraction of sp³-hybridized carbons (Fsp3) is 0.250. The van der Waals surface area contributed by atoms with Crippen LogP contribution in [0.3, 0.4) is 0 Å². The monoisotopic (exact) mass is 434 g/mol. The number of rotatable bonds is 5. The summed E-state index contributed by atoms with van der Waals surface area (Å²) in [5, 5.41) is 0.575. The molecule has 1 aliphatic rings. The summed E-state index contributed by atoms with van der Waals surface area (Å²) in [6.45, 7) is 0. The number of carbonyl (C=O) groups excluding carboxylic acids is 1. The molecule has 138 valence electrons. The number of hydrogen-bond acceptors (Lipinski definition) is 5. The van der Waals surface area contributed by atoms with E-state index < -0.39 is 15.9 Å². The van der Waals surface area contributed by atoms with E-state index in [2.05, 4.69) is 4.98 Å². The molecular weight excluding hydrogens is 423 g/mol. The largest absolute Gasteiger partial charge is 0.454 e. The fourth-order valence-electron chi connectivity index (χ4n) is 2.28. The maximum Gasteiger partial charge on any atom is 0.266 e. The van der Waals surface area contributed by atoms with Crippen LogP contribution in [0.15, 0.2) is 24.4 Å². The Bertz CT molecular complexity index is 991. The van der Waals surface area contributed by atoms with Crippen molar-refractivity contribution in [2.75, 3.05) is 6.26 Å². The zero-order valence-corrected chi connectivity index (χ0v) is 16.5. The van der Waals surface area contributed by atoms with Gasteiger partial charge in [0.05, 0.1) is 38.8 Å². The first-order chi connectivity index (χ1) is 12.1. The minimum Gasteiger partial charge on any atom is -0.454 e. The summed E-state index contributed by atoms with van der Waals surface area (Å²) in [6.07, 6.45) is 4.55. The van der Waals surface area contributed by atoms with Crippen molar-refractivity contribution in [3.63, 3.8) is 0 Å². The second-order valence-corrected chi connectivity index (χ2v) is 8.85. The number of carbonyl (C=O) groups is 1. The summed E-state index contributed by atoms with van der Waals surface area (Å²) in [4.78, 5) is 16.3. The second kappa shape index (κ2) is 7.23. The molecule has 26 heavy (non-hydrogen) atoms. The Balaban J connectivity index is 1.84. The van der Waals surface area contributed by atoms with Gasteiger partial charge in [-0.05, 0) is 18.9 Å². The van der Waals surface area contributed by atoms with Crippen molar-refractivity contribution in [2.24, 2.45) is 0 Å². The first kappa shape index (κ1) is 19.2. The van der Waals surface area contributed by atoms with Gasteiger partial charge in [0.25, 0.3) is 5.91 Å². The van der Waals surface area contributed by atoms with Crippen LogP contribution in [-0.2, 0) is 10.0 Å². The molecular formula is C16H13Cl3N2O4S. The molecule has 0 radical (unpaired) electrons. The van der Waals surface area contributed by atoms with Gasteiger partial charge >= 0.3 is 0 Å². The van der Waals surface area contributed by atoms with Gasteiger partial charge in [0, 0.05) is 18.1 Å². The maximum absolute atomic E-state index is 12.0. The van der Waals surface area contributed by atoms with Crippen molar-refractivity contribution in [3.05, 3.63) is 50.7 Å². The SMILES string of the molecule is CS(=O)(=O)NC(=O)c1cc(Cl)c(Oc2cnc(C3CC3)c(Cl)c2)cc1Cl. The molecule has 1 aliphatic carbocycles. The number of aromatic nitrogens is 1. The number of benzene rings is 1. The van der Waals surface area contributed by atoms with Gasteiger partial charge in [0.15, 0.2) is 0 Å². The molecule has 3 rings (SSSR count). The molecule has 0 spiro atoms. The number of nitrogens with zero attached hydrogens (tertiary/aromatic N) is 1. The lowest BCUT2D eigenvalue weighted by Gasteiger charge is -2.12. The van der Waals surface area contributed by atoms with Crippen LogP contribution in [0.4, 0.5) is 0 Å². The number of halogens is 3. The van der Waals surface area contributed by atoms with Crippen LogP contribution in [0.25, 0.3) is 0 Å². The van der Waals surface area contributed by atoms with E-state index in [0.29, 0.717) is 16.7 Å². The highest BCUT2D eigenvalue weighted by Gasteiger charge is 2.27. The van der Waals surface area contributed by atoms with Gasteiger partial charge in [-0.25, -0.2) is 13.1 Å². The van der Waals surface area contributed by atoms with Gasteiger partial charge < -0.3 is 4.74 Å². The summed E-state index contributed by atoms with van der Waals surface area (Å²) in [5.41, 5.74) is 0.755. The van der Waals surface area contributed by atoms with E-state index in [1.165, 1.54) is 18.3 Å². The minimum absolute atomic E-state index is 0.0146. The van der Waals surface area contributed by atoms with E-state index >= 15 is 0 Å². The number of amides is 1. The van der Waals surface area contributed by atoms with E-state index in [0.717, 1.165) is 24.8 Å². The summed E-state index contributed by atoms with van der Waals surface area (Å²) < 4.78 is 29.8. The molecule has 10 heteroatoms. The van der Waals surface area contributed by atoms with Gasteiger partial charge in [0.1, 0.15) is 11.5 Å². The summed E-state index contributed by atoms with van der Waals surface area (Å²) >= 11 is 18.4. The number of hydrogen-bond donors (Lipinski definition) is 1. The molecule has 2 aromatic rings. The average Bonchev–Trinajstić information content (AvgIpc) is 3.33. The molecule has 0 bridgehead atoms. The first-order valence-corrected chi connectivity index (χ1v) is 10.5. The summed E-state index contributed by atoms with van der Waals surface area (Å²) in [5.74, 6) is 0.0713. The van der Waals surface area contributed by atoms with Crippen LogP contribution < -0.4 is 9.46 Å². The molecule has 6 nitrogen and oxygen atoms in total. The third-order valence-electron chi connectivity index (χ3n) is 3.58. The molecule has 1 heterocycles. The number of pyridine rings is 1. The Morgan fingerprint density at radius 1 is 1.15 bits per heavy atom. The van der Waals surface area contributed by atoms with Crippen LogP contribution >= 0.6 is 34.8 Å². The molecule has 1 aromatic heterocycles. The normalized spacial score (nSPS) is 14.2. The summed E-state index contributed by atoms with van der Waals surface area (Å²) in [6, 6.07) is 4.19. The highest BCUT2D eigenvalue weighted by Crippen LogP contribution is 2.43. The highest BCUT2D eigenvalue weighted by atomic mass is 35.5. The number of nitrogens with one attached hydrogen (secondary N) is 1. The lowest BCUT2D eigenvalue weighted by Crippen LogP contribution is -2.29. The van der Waals surface area contributed by atoms with E-state index in [-0.39, 0.29) is 21.4 Å². The van der Waals surface area contributed by atoms with Gasteiger partial charge in [-0.3, -0.25) is 9.78 Å². The van der Waals surface area contributed by atoms with Crippen molar-refractivity contribution >= 4 is 50.7 Å². The molecule has 1 aromatic carbocycles. The lowest BCUT2D eigenvalue weighted by atomic mass is 10.2. The Labute approximate surface area is 165 Å². The standard InChI is InChI=1S/C16H13Cl3N2O4S/c1-26(23,24)21-16(22)10-5-12(18)14(6-11(10)17)25-9-4-13(19)15(20-7-9)8-2-3-8/h4-8H,2-3H2,1H3,(H,21,22). The maximum atomic E-state index is 12.0. The van der Waals surface area contributed by atoms with Crippen molar-refractivity contribution in [1.82, 2.24) is 9.71 Å². The van der Waals surface area contributed by atoms with Gasteiger partial charge in [-0.15, -0.1) is 0 Å². The van der Waals surface area contributed by atoms with Crippen LogP contribution in [0.5, 0.6) is 11.5 Å².